The highest BCUT2D eigenvalue weighted by Gasteiger charge is 2.42. The summed E-state index contributed by atoms with van der Waals surface area (Å²) in [5, 5.41) is 3.06. The van der Waals surface area contributed by atoms with Crippen molar-refractivity contribution in [2.75, 3.05) is 11.9 Å². The predicted molar refractivity (Wildman–Crippen MR) is 155 cm³/mol. The lowest BCUT2D eigenvalue weighted by Gasteiger charge is -2.28. The molecule has 3 heterocycles. The van der Waals surface area contributed by atoms with E-state index >= 15 is 0 Å². The van der Waals surface area contributed by atoms with Crippen molar-refractivity contribution in [3.05, 3.63) is 81.2 Å². The number of amides is 2. The van der Waals surface area contributed by atoms with E-state index in [1.807, 2.05) is 13.8 Å². The van der Waals surface area contributed by atoms with Crippen LogP contribution in [0.25, 0.3) is 11.1 Å². The molecule has 2 aliphatic heterocycles. The van der Waals surface area contributed by atoms with Crippen LogP contribution in [0, 0.1) is 5.92 Å². The molecule has 0 aliphatic carbocycles. The Kier molecular flexibility index (Phi) is 8.32. The first-order valence-electron chi connectivity index (χ1n) is 13.8. The highest BCUT2D eigenvalue weighted by atomic mass is 35.5. The second-order valence-corrected chi connectivity index (χ2v) is 12.0. The fourth-order valence-electron chi connectivity index (χ4n) is 5.58. The number of carbonyl (C=O) groups excluding carboxylic acids is 2. The molecular weight excluding hydrogens is 587 g/mol. The number of anilines is 1. The summed E-state index contributed by atoms with van der Waals surface area (Å²) >= 11 is 6.21. The fraction of sp³-hybridized carbons (Fsp3) is 0.387. The number of pyridine rings is 1. The van der Waals surface area contributed by atoms with Gasteiger partial charge >= 0.3 is 6.18 Å². The molecule has 3 aromatic rings. The number of fused-ring (bicyclic) bond motifs is 3. The monoisotopic (exact) mass is 617 g/mol. The maximum absolute atomic E-state index is 13.9. The number of nitrogens with two attached hydrogens (primary N) is 1. The van der Waals surface area contributed by atoms with E-state index in [4.69, 9.17) is 26.8 Å². The summed E-state index contributed by atoms with van der Waals surface area (Å²) in [4.78, 5) is 38.8. The first-order chi connectivity index (χ1) is 20.2. The van der Waals surface area contributed by atoms with E-state index in [0.29, 0.717) is 33.8 Å². The molecule has 43 heavy (non-hydrogen) atoms. The number of nitrogens with one attached hydrogen (secondary N) is 1. The Bertz CT molecular complexity index is 1600. The van der Waals surface area contributed by atoms with Crippen LogP contribution in [-0.2, 0) is 16.0 Å². The van der Waals surface area contributed by atoms with Gasteiger partial charge in [-0.2, -0.15) is 13.2 Å². The van der Waals surface area contributed by atoms with Gasteiger partial charge in [-0.15, -0.1) is 0 Å². The molecule has 12 heteroatoms. The van der Waals surface area contributed by atoms with Crippen molar-refractivity contribution in [2.24, 2.45) is 11.7 Å². The Hall–Kier alpha value is -3.83. The number of ether oxygens (including phenoxy) is 2. The van der Waals surface area contributed by atoms with E-state index in [0.717, 1.165) is 6.42 Å². The largest absolute Gasteiger partial charge is 0.491 e. The zero-order chi connectivity index (χ0) is 31.1. The highest BCUT2D eigenvalue weighted by molar-refractivity contribution is 6.30. The van der Waals surface area contributed by atoms with Crippen LogP contribution in [0.4, 0.5) is 18.9 Å². The topological polar surface area (TPSA) is 113 Å². The molecule has 1 fully saturated rings. The van der Waals surface area contributed by atoms with Crippen LogP contribution in [0.5, 0.6) is 5.75 Å². The molecule has 3 N–H and O–H groups in total. The van der Waals surface area contributed by atoms with E-state index in [2.05, 4.69) is 5.32 Å². The molecule has 8 nitrogen and oxygen atoms in total. The molecule has 1 unspecified atom stereocenters. The lowest BCUT2D eigenvalue weighted by Crippen LogP contribution is -2.36. The highest BCUT2D eigenvalue weighted by Crippen LogP contribution is 2.41. The Morgan fingerprint density at radius 2 is 1.86 bits per heavy atom. The lowest BCUT2D eigenvalue weighted by atomic mass is 9.91. The molecule has 3 atom stereocenters. The third-order valence-corrected chi connectivity index (χ3v) is 8.13. The zero-order valence-corrected chi connectivity index (χ0v) is 24.3. The van der Waals surface area contributed by atoms with Crippen LogP contribution < -0.4 is 21.3 Å². The van der Waals surface area contributed by atoms with Crippen molar-refractivity contribution in [1.29, 1.82) is 0 Å². The van der Waals surface area contributed by atoms with Crippen LogP contribution in [0.2, 0.25) is 5.02 Å². The number of halogens is 4. The molecule has 2 amide bonds. The Labute approximate surface area is 250 Å². The average Bonchev–Trinajstić information content (AvgIpc) is 3.27. The Morgan fingerprint density at radius 1 is 1.14 bits per heavy atom. The smallest absolute Gasteiger partial charge is 0.395 e. The van der Waals surface area contributed by atoms with E-state index < -0.39 is 47.7 Å². The third-order valence-electron chi connectivity index (χ3n) is 7.89. The SMILES string of the molecule is CC1(C)CC[C@@H](CC(C(=O)Nc2ccc(C(N)=O)cc2)n2cc3c(cc2=O)-c2cc(Cl)ccc2C[C@@H](C(F)(F)F)CO3)O1. The first-order valence-corrected chi connectivity index (χ1v) is 14.2. The average molecular weight is 618 g/mol. The number of aromatic nitrogens is 1. The van der Waals surface area contributed by atoms with E-state index in [1.165, 1.54) is 59.3 Å². The molecule has 0 saturated carbocycles. The molecule has 1 aromatic heterocycles. The van der Waals surface area contributed by atoms with E-state index in [9.17, 15) is 27.6 Å². The summed E-state index contributed by atoms with van der Waals surface area (Å²) in [6.07, 6.45) is -2.40. The van der Waals surface area contributed by atoms with Crippen molar-refractivity contribution in [1.82, 2.24) is 4.57 Å². The predicted octanol–water partition coefficient (Wildman–Crippen LogP) is 5.91. The molecule has 0 spiro atoms. The number of primary amides is 1. The minimum absolute atomic E-state index is 0.0216. The fourth-order valence-corrected chi connectivity index (χ4v) is 5.76. The molecular formula is C31H31ClF3N3O5. The zero-order valence-electron chi connectivity index (χ0n) is 23.5. The van der Waals surface area contributed by atoms with Gasteiger partial charge < -0.3 is 20.5 Å². The van der Waals surface area contributed by atoms with Crippen molar-refractivity contribution >= 4 is 29.1 Å². The molecule has 2 aliphatic rings. The maximum atomic E-state index is 13.9. The minimum atomic E-state index is -4.53. The summed E-state index contributed by atoms with van der Waals surface area (Å²) in [7, 11) is 0. The van der Waals surface area contributed by atoms with Gasteiger partial charge in [0.05, 0.1) is 23.8 Å². The van der Waals surface area contributed by atoms with Crippen LogP contribution in [0.1, 0.15) is 55.1 Å². The number of rotatable bonds is 6. The molecule has 0 bridgehead atoms. The summed E-state index contributed by atoms with van der Waals surface area (Å²) < 4.78 is 54.7. The third kappa shape index (κ3) is 6.88. The molecule has 228 valence electrons. The first kappa shape index (κ1) is 30.6. The lowest BCUT2D eigenvalue weighted by molar-refractivity contribution is -0.181. The summed E-state index contributed by atoms with van der Waals surface area (Å²) in [5.74, 6) is -2.95. The molecule has 2 aromatic carbocycles. The number of hydrogen-bond acceptors (Lipinski definition) is 5. The van der Waals surface area contributed by atoms with Crippen LogP contribution >= 0.6 is 11.6 Å². The van der Waals surface area contributed by atoms with Gasteiger partial charge in [0.2, 0.25) is 11.8 Å². The normalized spacial score (nSPS) is 20.1. The van der Waals surface area contributed by atoms with Gasteiger partial charge in [0.25, 0.3) is 5.56 Å². The van der Waals surface area contributed by atoms with Gasteiger partial charge in [0.1, 0.15) is 18.4 Å². The van der Waals surface area contributed by atoms with Crippen LogP contribution in [0.15, 0.2) is 59.5 Å². The standard InChI is InChI=1S/C31H31ClF3N3O5/c1-30(2)10-9-22(43-30)13-25(29(41)37-21-7-4-17(5-8-21)28(36)40)38-15-26-24(14-27(38)39)23-12-20(32)6-3-18(23)11-19(16-42-26)31(33,34)35/h3-8,12,14-15,19,22,25H,9-11,13,16H2,1-2H3,(H2,36,40)(H,37,41)/t19-,22+,25?/m1/s1. The van der Waals surface area contributed by atoms with Crippen LogP contribution in [-0.4, -0.2) is 40.9 Å². The number of nitrogens with zero attached hydrogens (tertiary/aromatic N) is 1. The summed E-state index contributed by atoms with van der Waals surface area (Å²) in [6.45, 7) is 3.21. The van der Waals surface area contributed by atoms with E-state index in [-0.39, 0.29) is 30.3 Å². The Morgan fingerprint density at radius 3 is 2.49 bits per heavy atom. The van der Waals surface area contributed by atoms with Gasteiger partial charge in [-0.1, -0.05) is 17.7 Å². The van der Waals surface area contributed by atoms with Crippen molar-refractivity contribution < 1.29 is 32.2 Å². The number of alkyl halides is 3. The van der Waals surface area contributed by atoms with Gasteiger partial charge in [-0.05, 0) is 80.6 Å². The van der Waals surface area contributed by atoms with Crippen molar-refractivity contribution in [3.63, 3.8) is 0 Å². The van der Waals surface area contributed by atoms with Gasteiger partial charge in [-0.3, -0.25) is 19.0 Å². The second-order valence-electron chi connectivity index (χ2n) is 11.6. The number of carbonyl (C=O) groups is 2. The minimum Gasteiger partial charge on any atom is -0.491 e. The maximum Gasteiger partial charge on any atom is 0.395 e. The number of hydrogen-bond donors (Lipinski definition) is 2. The van der Waals surface area contributed by atoms with Gasteiger partial charge in [0.15, 0.2) is 0 Å². The van der Waals surface area contributed by atoms with Gasteiger partial charge in [-0.25, -0.2) is 0 Å². The second kappa shape index (κ2) is 11.7. The quantitative estimate of drug-likeness (QED) is 0.357. The van der Waals surface area contributed by atoms with Crippen molar-refractivity contribution in [3.8, 4) is 16.9 Å². The van der Waals surface area contributed by atoms with Crippen molar-refractivity contribution in [2.45, 2.75) is 63.5 Å². The van der Waals surface area contributed by atoms with Gasteiger partial charge in [0, 0.05) is 34.3 Å². The van der Waals surface area contributed by atoms with Crippen LogP contribution in [0.3, 0.4) is 0 Å². The molecule has 0 radical (unpaired) electrons. The molecule has 1 saturated heterocycles. The Balaban J connectivity index is 1.56. The number of benzene rings is 2. The molecule has 5 rings (SSSR count). The summed E-state index contributed by atoms with van der Waals surface area (Å²) in [6, 6.07) is 10.6. The summed E-state index contributed by atoms with van der Waals surface area (Å²) in [5.41, 5.74) is 5.98. The van der Waals surface area contributed by atoms with E-state index in [1.54, 1.807) is 0 Å².